The van der Waals surface area contributed by atoms with Crippen LogP contribution in [0.3, 0.4) is 0 Å². The predicted molar refractivity (Wildman–Crippen MR) is 94.6 cm³/mol. The standard InChI is InChI=1S/C22H36/c1-4-5-17-8-11-21-20-10-7-16-14-15(2)6-9-18(16)19(20)12-13-22(17,21)3/h5,15-16,18-21H,4,6-14H2,1-3H3/b17-5+/t15?,16-,18+,19-,20-,21+,22-/m1/s1. The molecular weight excluding hydrogens is 264 g/mol. The Bertz CT molecular complexity index is 447. The summed E-state index contributed by atoms with van der Waals surface area (Å²) in [6.07, 6.45) is 17.6. The molecule has 0 bridgehead atoms. The normalized spacial score (nSPS) is 53.0. The molecule has 0 saturated heterocycles. The monoisotopic (exact) mass is 300 g/mol. The fraction of sp³-hybridized carbons (Fsp3) is 0.909. The van der Waals surface area contributed by atoms with Crippen LogP contribution in [0.25, 0.3) is 0 Å². The van der Waals surface area contributed by atoms with Crippen LogP contribution in [0.15, 0.2) is 11.6 Å². The largest absolute Gasteiger partial charge is 0.0850 e. The first-order valence-corrected chi connectivity index (χ1v) is 10.3. The van der Waals surface area contributed by atoms with E-state index in [1.807, 2.05) is 5.57 Å². The van der Waals surface area contributed by atoms with Crippen molar-refractivity contribution < 1.29 is 0 Å². The summed E-state index contributed by atoms with van der Waals surface area (Å²) in [6, 6.07) is 0. The van der Waals surface area contributed by atoms with Gasteiger partial charge in [-0.15, -0.1) is 0 Å². The van der Waals surface area contributed by atoms with Crippen LogP contribution in [0.2, 0.25) is 0 Å². The van der Waals surface area contributed by atoms with Crippen molar-refractivity contribution in [3.05, 3.63) is 11.6 Å². The van der Waals surface area contributed by atoms with E-state index in [4.69, 9.17) is 0 Å². The Morgan fingerprint density at radius 2 is 1.82 bits per heavy atom. The molecule has 4 fully saturated rings. The van der Waals surface area contributed by atoms with Crippen molar-refractivity contribution >= 4 is 0 Å². The minimum absolute atomic E-state index is 0.589. The molecule has 0 spiro atoms. The van der Waals surface area contributed by atoms with E-state index >= 15 is 0 Å². The lowest BCUT2D eigenvalue weighted by molar-refractivity contribution is -0.0471. The quantitative estimate of drug-likeness (QED) is 0.478. The zero-order valence-corrected chi connectivity index (χ0v) is 15.1. The Kier molecular flexibility index (Phi) is 3.94. The third-order valence-electron chi connectivity index (χ3n) is 8.52. The summed E-state index contributed by atoms with van der Waals surface area (Å²) in [5.41, 5.74) is 2.43. The lowest BCUT2D eigenvalue weighted by Crippen LogP contribution is -2.47. The van der Waals surface area contributed by atoms with Crippen LogP contribution in [0.5, 0.6) is 0 Å². The van der Waals surface area contributed by atoms with Crippen LogP contribution in [0.4, 0.5) is 0 Å². The molecule has 0 amide bonds. The fourth-order valence-electron chi connectivity index (χ4n) is 7.52. The maximum Gasteiger partial charge on any atom is -0.00852 e. The third kappa shape index (κ3) is 2.23. The van der Waals surface area contributed by atoms with Crippen LogP contribution in [0.1, 0.15) is 85.0 Å². The van der Waals surface area contributed by atoms with Gasteiger partial charge in [0, 0.05) is 0 Å². The average Bonchev–Trinajstić information content (AvgIpc) is 2.84. The number of hydrogen-bond acceptors (Lipinski definition) is 0. The lowest BCUT2D eigenvalue weighted by atomic mass is 9.50. The second-order valence-corrected chi connectivity index (χ2v) is 9.49. The van der Waals surface area contributed by atoms with Crippen LogP contribution in [-0.2, 0) is 0 Å². The van der Waals surface area contributed by atoms with E-state index in [2.05, 4.69) is 26.8 Å². The van der Waals surface area contributed by atoms with E-state index in [0.29, 0.717) is 5.41 Å². The highest BCUT2D eigenvalue weighted by atomic mass is 14.6. The predicted octanol–water partition coefficient (Wildman–Crippen LogP) is 6.61. The van der Waals surface area contributed by atoms with Crippen molar-refractivity contribution in [2.75, 3.05) is 0 Å². The Hall–Kier alpha value is -0.260. The van der Waals surface area contributed by atoms with Crippen molar-refractivity contribution in [3.63, 3.8) is 0 Å². The molecule has 124 valence electrons. The van der Waals surface area contributed by atoms with Crippen LogP contribution in [0, 0.1) is 40.9 Å². The summed E-state index contributed by atoms with van der Waals surface area (Å²) in [5, 5.41) is 0. The van der Waals surface area contributed by atoms with Gasteiger partial charge in [0.2, 0.25) is 0 Å². The van der Waals surface area contributed by atoms with Gasteiger partial charge in [-0.2, -0.15) is 0 Å². The highest BCUT2D eigenvalue weighted by molar-refractivity contribution is 5.23. The SMILES string of the molecule is CC/C=C1\CC[C@H]2[C@@H]3CC[C@@H]4CC(C)CC[C@@H]4[C@H]3CC[C@]12C. The minimum Gasteiger partial charge on any atom is -0.0850 e. The van der Waals surface area contributed by atoms with E-state index in [0.717, 1.165) is 35.5 Å². The Labute approximate surface area is 138 Å². The molecule has 4 aliphatic rings. The topological polar surface area (TPSA) is 0 Å². The first-order valence-electron chi connectivity index (χ1n) is 10.3. The maximum absolute atomic E-state index is 2.64. The Balaban J connectivity index is 1.56. The van der Waals surface area contributed by atoms with Gasteiger partial charge in [-0.25, -0.2) is 0 Å². The van der Waals surface area contributed by atoms with Crippen LogP contribution < -0.4 is 0 Å². The summed E-state index contributed by atoms with van der Waals surface area (Å²) in [4.78, 5) is 0. The first kappa shape index (κ1) is 15.3. The van der Waals surface area contributed by atoms with Gasteiger partial charge >= 0.3 is 0 Å². The van der Waals surface area contributed by atoms with Gasteiger partial charge in [-0.1, -0.05) is 38.8 Å². The number of fused-ring (bicyclic) bond motifs is 5. The van der Waals surface area contributed by atoms with E-state index in [1.165, 1.54) is 32.1 Å². The molecule has 0 heteroatoms. The zero-order valence-electron chi connectivity index (χ0n) is 15.1. The smallest absolute Gasteiger partial charge is 0.00852 e. The number of hydrogen-bond donors (Lipinski definition) is 0. The average molecular weight is 301 g/mol. The zero-order chi connectivity index (χ0) is 15.3. The van der Waals surface area contributed by atoms with E-state index in [9.17, 15) is 0 Å². The maximum atomic E-state index is 2.64. The molecule has 0 aromatic heterocycles. The summed E-state index contributed by atoms with van der Waals surface area (Å²) in [6.45, 7) is 7.46. The van der Waals surface area contributed by atoms with Gasteiger partial charge in [0.15, 0.2) is 0 Å². The molecule has 0 radical (unpaired) electrons. The first-order chi connectivity index (χ1) is 10.6. The Morgan fingerprint density at radius 3 is 2.64 bits per heavy atom. The molecule has 22 heavy (non-hydrogen) atoms. The van der Waals surface area contributed by atoms with Crippen molar-refractivity contribution in [2.24, 2.45) is 40.9 Å². The second-order valence-electron chi connectivity index (χ2n) is 9.49. The number of rotatable bonds is 1. The Morgan fingerprint density at radius 1 is 1.00 bits per heavy atom. The van der Waals surface area contributed by atoms with Crippen molar-refractivity contribution in [1.29, 1.82) is 0 Å². The molecule has 0 aromatic rings. The van der Waals surface area contributed by atoms with Crippen molar-refractivity contribution in [2.45, 2.75) is 85.0 Å². The summed E-state index contributed by atoms with van der Waals surface area (Å²) in [5.74, 6) is 6.43. The molecule has 0 nitrogen and oxygen atoms in total. The van der Waals surface area contributed by atoms with Gasteiger partial charge in [0.1, 0.15) is 0 Å². The second kappa shape index (κ2) is 5.67. The molecule has 0 aliphatic heterocycles. The molecule has 0 aromatic carbocycles. The van der Waals surface area contributed by atoms with Gasteiger partial charge in [-0.3, -0.25) is 0 Å². The fourth-order valence-corrected chi connectivity index (χ4v) is 7.52. The summed E-state index contributed by atoms with van der Waals surface area (Å²) >= 11 is 0. The van der Waals surface area contributed by atoms with Crippen molar-refractivity contribution in [1.82, 2.24) is 0 Å². The van der Waals surface area contributed by atoms with Gasteiger partial charge in [0.05, 0.1) is 0 Å². The molecule has 4 saturated carbocycles. The van der Waals surface area contributed by atoms with E-state index in [-0.39, 0.29) is 0 Å². The van der Waals surface area contributed by atoms with E-state index < -0.39 is 0 Å². The molecule has 1 unspecified atom stereocenters. The van der Waals surface area contributed by atoms with Crippen molar-refractivity contribution in [3.8, 4) is 0 Å². The van der Waals surface area contributed by atoms with Crippen LogP contribution >= 0.6 is 0 Å². The molecule has 0 N–H and O–H groups in total. The highest BCUT2D eigenvalue weighted by Crippen LogP contribution is 2.64. The summed E-state index contributed by atoms with van der Waals surface area (Å²) < 4.78 is 0. The lowest BCUT2D eigenvalue weighted by Gasteiger charge is -2.55. The minimum atomic E-state index is 0.589. The molecule has 4 rings (SSSR count). The van der Waals surface area contributed by atoms with Crippen LogP contribution in [-0.4, -0.2) is 0 Å². The third-order valence-corrected chi connectivity index (χ3v) is 8.52. The highest BCUT2D eigenvalue weighted by Gasteiger charge is 2.54. The van der Waals surface area contributed by atoms with E-state index in [1.54, 1.807) is 32.1 Å². The molecular formula is C22H36. The van der Waals surface area contributed by atoms with Gasteiger partial charge in [0.25, 0.3) is 0 Å². The molecule has 0 heterocycles. The van der Waals surface area contributed by atoms with Gasteiger partial charge < -0.3 is 0 Å². The molecule has 7 atom stereocenters. The summed E-state index contributed by atoms with van der Waals surface area (Å²) in [7, 11) is 0. The molecule has 4 aliphatic carbocycles. The van der Waals surface area contributed by atoms with Gasteiger partial charge in [-0.05, 0) is 98.7 Å². The number of allylic oxidation sites excluding steroid dienone is 2.